The van der Waals surface area contributed by atoms with Crippen molar-refractivity contribution in [2.24, 2.45) is 22.1 Å². The van der Waals surface area contributed by atoms with E-state index in [0.717, 1.165) is 48.0 Å². The first-order valence-corrected chi connectivity index (χ1v) is 14.0. The maximum absolute atomic E-state index is 11.9. The van der Waals surface area contributed by atoms with E-state index in [0.29, 0.717) is 24.9 Å². The lowest BCUT2D eigenvalue weighted by molar-refractivity contribution is 0.0209. The third-order valence-electron chi connectivity index (χ3n) is 6.12. The van der Waals surface area contributed by atoms with Gasteiger partial charge < -0.3 is 28.9 Å². The summed E-state index contributed by atoms with van der Waals surface area (Å²) in [5.41, 5.74) is -0.879. The second kappa shape index (κ2) is 11.9. The van der Waals surface area contributed by atoms with Crippen molar-refractivity contribution in [3.05, 3.63) is 0 Å². The molecule has 0 N–H and O–H groups in total. The highest BCUT2D eigenvalue weighted by atomic mass is 79.9. The first-order valence-electron chi connectivity index (χ1n) is 12.4. The van der Waals surface area contributed by atoms with Crippen molar-refractivity contribution in [2.75, 3.05) is 26.2 Å². The maximum atomic E-state index is 11.9. The number of hydrogen-bond acceptors (Lipinski definition) is 8. The Morgan fingerprint density at radius 3 is 1.42 bits per heavy atom. The summed E-state index contributed by atoms with van der Waals surface area (Å²) in [7, 11) is 0. The van der Waals surface area contributed by atoms with Gasteiger partial charge in [0.05, 0.1) is 0 Å². The number of rotatable bonds is 2. The summed E-state index contributed by atoms with van der Waals surface area (Å²) in [5.74, 6) is 0.688. The van der Waals surface area contributed by atoms with E-state index in [1.54, 1.807) is 9.80 Å². The summed E-state index contributed by atoms with van der Waals surface area (Å²) in [5, 5.41) is 7.78. The SMILES string of the molecule is CC(C)(C)OC(=O)N1CC[C@@H]([C@@H]2CC(Br)=NO2)C1.CC(C)(C)OC(=O)N1CC[C@@H]([C@H]2CC(Br)=NO2)C1. The second-order valence-corrected chi connectivity index (χ2v) is 13.4. The van der Waals surface area contributed by atoms with Crippen molar-refractivity contribution < 1.29 is 28.7 Å². The van der Waals surface area contributed by atoms with Crippen LogP contribution in [-0.4, -0.2) is 80.8 Å². The van der Waals surface area contributed by atoms with Gasteiger partial charge in [-0.05, 0) is 86.2 Å². The van der Waals surface area contributed by atoms with Crippen LogP contribution in [0.1, 0.15) is 67.2 Å². The molecule has 10 nitrogen and oxygen atoms in total. The Balaban J connectivity index is 0.000000201. The summed E-state index contributed by atoms with van der Waals surface area (Å²) in [6.45, 7) is 14.1. The Morgan fingerprint density at radius 1 is 0.778 bits per heavy atom. The molecule has 0 radical (unpaired) electrons. The topological polar surface area (TPSA) is 102 Å². The number of nitrogens with zero attached hydrogens (tertiary/aromatic N) is 4. The maximum Gasteiger partial charge on any atom is 0.410 e. The summed E-state index contributed by atoms with van der Waals surface area (Å²) in [6.07, 6.45) is 3.20. The van der Waals surface area contributed by atoms with Crippen molar-refractivity contribution in [3.63, 3.8) is 0 Å². The molecule has 4 aliphatic heterocycles. The minimum absolute atomic E-state index is 0.0896. The van der Waals surface area contributed by atoms with Crippen LogP contribution in [0.4, 0.5) is 9.59 Å². The third-order valence-corrected chi connectivity index (χ3v) is 7.05. The second-order valence-electron chi connectivity index (χ2n) is 11.6. The Bertz CT molecular complexity index is 800. The smallest absolute Gasteiger partial charge is 0.410 e. The van der Waals surface area contributed by atoms with Crippen LogP contribution in [0, 0.1) is 11.8 Å². The fraction of sp³-hybridized carbons (Fsp3) is 0.833. The van der Waals surface area contributed by atoms with Crippen LogP contribution < -0.4 is 0 Å². The standard InChI is InChI=1S/2C12H19BrN2O3/c2*1-12(2,3)17-11(16)15-5-4-8(7-15)9-6-10(13)14-18-9/h2*8-9H,4-7H2,1-3H3/t8-,9+;8-,9-/m11/s1. The third kappa shape index (κ3) is 8.78. The molecule has 2 amide bonds. The molecular weight excluding hydrogens is 600 g/mol. The van der Waals surface area contributed by atoms with Gasteiger partial charge in [-0.25, -0.2) is 9.59 Å². The summed E-state index contributed by atoms with van der Waals surface area (Å²) in [4.78, 5) is 38.0. The van der Waals surface area contributed by atoms with Crippen LogP contribution >= 0.6 is 31.9 Å². The van der Waals surface area contributed by atoms with Crippen molar-refractivity contribution in [1.29, 1.82) is 0 Å². The highest BCUT2D eigenvalue weighted by Gasteiger charge is 2.38. The van der Waals surface area contributed by atoms with Gasteiger partial charge in [0, 0.05) is 50.9 Å². The molecule has 4 heterocycles. The average molecular weight is 638 g/mol. The number of likely N-dealkylation sites (tertiary alicyclic amines) is 2. The van der Waals surface area contributed by atoms with Gasteiger partial charge in [-0.2, -0.15) is 0 Å². The van der Waals surface area contributed by atoms with Gasteiger partial charge >= 0.3 is 12.2 Å². The van der Waals surface area contributed by atoms with Gasteiger partial charge in [0.1, 0.15) is 32.7 Å². The highest BCUT2D eigenvalue weighted by Crippen LogP contribution is 2.30. The van der Waals surface area contributed by atoms with E-state index in [2.05, 4.69) is 42.2 Å². The van der Waals surface area contributed by atoms with E-state index < -0.39 is 11.2 Å². The lowest BCUT2D eigenvalue weighted by Gasteiger charge is -2.24. The lowest BCUT2D eigenvalue weighted by atomic mass is 10.00. The van der Waals surface area contributed by atoms with E-state index in [1.807, 2.05) is 41.5 Å². The molecular formula is C24H38Br2N4O6. The van der Waals surface area contributed by atoms with Crippen molar-refractivity contribution >= 4 is 53.3 Å². The fourth-order valence-corrected chi connectivity index (χ4v) is 5.21. The van der Waals surface area contributed by atoms with E-state index in [1.165, 1.54) is 0 Å². The van der Waals surface area contributed by atoms with Gasteiger partial charge in [0.25, 0.3) is 0 Å². The summed E-state index contributed by atoms with van der Waals surface area (Å²) >= 11 is 6.66. The minimum Gasteiger partial charge on any atom is -0.444 e. The predicted octanol–water partition coefficient (Wildman–Crippen LogP) is 5.48. The number of carbonyl (C=O) groups is 2. The normalized spacial score (nSPS) is 28.0. The monoisotopic (exact) mass is 636 g/mol. The van der Waals surface area contributed by atoms with Crippen LogP contribution in [0.2, 0.25) is 0 Å². The number of ether oxygens (including phenoxy) is 2. The fourth-order valence-electron chi connectivity index (χ4n) is 4.40. The Morgan fingerprint density at radius 2 is 1.14 bits per heavy atom. The molecule has 36 heavy (non-hydrogen) atoms. The molecule has 0 bridgehead atoms. The molecule has 12 heteroatoms. The Hall–Kier alpha value is -1.56. The number of hydrogen-bond donors (Lipinski definition) is 0. The zero-order valence-electron chi connectivity index (χ0n) is 22.0. The van der Waals surface area contributed by atoms with Crippen LogP contribution in [-0.2, 0) is 19.1 Å². The molecule has 0 aromatic carbocycles. The van der Waals surface area contributed by atoms with Gasteiger partial charge in [0.15, 0.2) is 0 Å². The molecule has 0 spiro atoms. The molecule has 0 aromatic rings. The van der Waals surface area contributed by atoms with E-state index in [-0.39, 0.29) is 24.4 Å². The lowest BCUT2D eigenvalue weighted by Crippen LogP contribution is -2.36. The molecule has 0 saturated carbocycles. The molecule has 0 aromatic heterocycles. The van der Waals surface area contributed by atoms with Gasteiger partial charge in [-0.3, -0.25) is 0 Å². The quantitative estimate of drug-likeness (QED) is 0.397. The van der Waals surface area contributed by atoms with Crippen molar-refractivity contribution in [1.82, 2.24) is 9.80 Å². The Labute approximate surface area is 230 Å². The first-order chi connectivity index (χ1) is 16.7. The van der Waals surface area contributed by atoms with Crippen molar-refractivity contribution in [3.8, 4) is 0 Å². The molecule has 4 aliphatic rings. The van der Waals surface area contributed by atoms with Gasteiger partial charge in [-0.15, -0.1) is 0 Å². The number of carbonyl (C=O) groups excluding carboxylic acids is 2. The zero-order chi connectivity index (χ0) is 26.7. The molecule has 0 unspecified atom stereocenters. The molecule has 4 rings (SSSR count). The van der Waals surface area contributed by atoms with Crippen molar-refractivity contribution in [2.45, 2.75) is 90.6 Å². The van der Waals surface area contributed by atoms with E-state index in [4.69, 9.17) is 19.1 Å². The number of oxime groups is 2. The average Bonchev–Trinajstić information content (AvgIpc) is 3.52. The number of amides is 2. The predicted molar refractivity (Wildman–Crippen MR) is 144 cm³/mol. The van der Waals surface area contributed by atoms with E-state index >= 15 is 0 Å². The number of halogens is 2. The van der Waals surface area contributed by atoms with Crippen LogP contribution in [0.15, 0.2) is 10.3 Å². The van der Waals surface area contributed by atoms with Crippen LogP contribution in [0.25, 0.3) is 0 Å². The van der Waals surface area contributed by atoms with E-state index in [9.17, 15) is 9.59 Å². The van der Waals surface area contributed by atoms with Crippen LogP contribution in [0.3, 0.4) is 0 Å². The first kappa shape index (κ1) is 29.0. The Kier molecular flexibility index (Phi) is 9.57. The zero-order valence-corrected chi connectivity index (χ0v) is 25.1. The summed E-state index contributed by atoms with van der Waals surface area (Å²) in [6, 6.07) is 0. The molecule has 2 fully saturated rings. The molecule has 0 aliphatic carbocycles. The molecule has 204 valence electrons. The summed E-state index contributed by atoms with van der Waals surface area (Å²) < 4.78 is 12.4. The van der Waals surface area contributed by atoms with Gasteiger partial charge in [-0.1, -0.05) is 10.3 Å². The molecule has 2 saturated heterocycles. The minimum atomic E-state index is -0.439. The van der Waals surface area contributed by atoms with Crippen LogP contribution in [0.5, 0.6) is 0 Å². The highest BCUT2D eigenvalue weighted by molar-refractivity contribution is 9.18. The van der Waals surface area contributed by atoms with Gasteiger partial charge in [0.2, 0.25) is 0 Å². The largest absolute Gasteiger partial charge is 0.444 e. The molecule has 4 atom stereocenters.